The van der Waals surface area contributed by atoms with Gasteiger partial charge in [0.05, 0.1) is 7.11 Å². The second-order valence-electron chi connectivity index (χ2n) is 12.8. The van der Waals surface area contributed by atoms with Gasteiger partial charge in [-0.25, -0.2) is 0 Å². The molecule has 4 nitrogen and oxygen atoms in total. The van der Waals surface area contributed by atoms with Crippen LogP contribution in [-0.2, 0) is 11.8 Å². The molecule has 0 aromatic heterocycles. The molecule has 2 unspecified atom stereocenters. The number of hydrogen-bond acceptors (Lipinski definition) is 3. The summed E-state index contributed by atoms with van der Waals surface area (Å²) in [7, 11) is 1.81. The highest BCUT2D eigenvalue weighted by atomic mass is 16.5. The van der Waals surface area contributed by atoms with Crippen molar-refractivity contribution in [2.24, 2.45) is 23.2 Å². The third-order valence-electron chi connectivity index (χ3n) is 11.8. The van der Waals surface area contributed by atoms with E-state index in [4.69, 9.17) is 4.74 Å². The lowest BCUT2D eigenvalue weighted by molar-refractivity contribution is -0.107. The first-order chi connectivity index (χ1) is 17.6. The number of likely N-dealkylation sites (tertiary alicyclic amines) is 2. The highest BCUT2D eigenvalue weighted by Gasteiger charge is 2.76. The Balaban J connectivity index is 1.24. The van der Waals surface area contributed by atoms with Crippen molar-refractivity contribution in [3.63, 3.8) is 0 Å². The van der Waals surface area contributed by atoms with Gasteiger partial charge in [-0.3, -0.25) is 9.69 Å². The van der Waals surface area contributed by atoms with E-state index < -0.39 is 0 Å². The van der Waals surface area contributed by atoms with Crippen LogP contribution in [0.3, 0.4) is 0 Å². The summed E-state index contributed by atoms with van der Waals surface area (Å²) in [6.45, 7) is 3.48. The number of rotatable bonds is 4. The van der Waals surface area contributed by atoms with Gasteiger partial charge in [0.25, 0.3) is 5.91 Å². The molecule has 4 bridgehead atoms. The van der Waals surface area contributed by atoms with Crippen LogP contribution < -0.4 is 4.74 Å². The number of piperidine rings is 1. The molecule has 1 amide bonds. The maximum Gasteiger partial charge on any atom is 0.254 e. The molecule has 6 atom stereocenters. The van der Waals surface area contributed by atoms with Crippen molar-refractivity contribution in [3.8, 4) is 5.75 Å². The molecule has 188 valence electrons. The quantitative estimate of drug-likeness (QED) is 0.593. The van der Waals surface area contributed by atoms with E-state index in [2.05, 4.69) is 28.0 Å². The number of hydrogen-bond donors (Lipinski definition) is 0. The fourth-order valence-electron chi connectivity index (χ4n) is 10.4. The van der Waals surface area contributed by atoms with Crippen LogP contribution in [0, 0.1) is 23.2 Å². The predicted molar refractivity (Wildman–Crippen MR) is 140 cm³/mol. The lowest BCUT2D eigenvalue weighted by atomic mass is 9.43. The molecule has 0 spiro atoms. The summed E-state index contributed by atoms with van der Waals surface area (Å²) in [5, 5.41) is 0. The van der Waals surface area contributed by atoms with E-state index in [1.165, 1.54) is 64.5 Å². The van der Waals surface area contributed by atoms with E-state index in [0.29, 0.717) is 29.3 Å². The second kappa shape index (κ2) is 7.60. The van der Waals surface area contributed by atoms with Crippen LogP contribution in [0.2, 0.25) is 0 Å². The van der Waals surface area contributed by atoms with E-state index in [1.807, 2.05) is 30.3 Å². The Morgan fingerprint density at radius 3 is 2.72 bits per heavy atom. The van der Waals surface area contributed by atoms with Crippen LogP contribution in [0.4, 0.5) is 0 Å². The highest BCUT2D eigenvalue weighted by Crippen LogP contribution is 2.75. The fourth-order valence-corrected chi connectivity index (χ4v) is 10.4. The van der Waals surface area contributed by atoms with Gasteiger partial charge in [0.15, 0.2) is 0 Å². The summed E-state index contributed by atoms with van der Waals surface area (Å²) in [6.07, 6.45) is 10.5. The first-order valence-corrected chi connectivity index (χ1v) is 14.4. The van der Waals surface area contributed by atoms with Crippen LogP contribution in [-0.4, -0.2) is 54.5 Å². The molecular formula is C32H38N2O2. The zero-order chi connectivity index (χ0) is 24.1. The van der Waals surface area contributed by atoms with Gasteiger partial charge in [-0.2, -0.15) is 0 Å². The molecule has 6 aliphatic rings. The van der Waals surface area contributed by atoms with E-state index >= 15 is 0 Å². The molecule has 2 aliphatic heterocycles. The number of carbonyl (C=O) groups excluding carboxylic acids is 1. The zero-order valence-corrected chi connectivity index (χ0v) is 21.5. The van der Waals surface area contributed by atoms with Crippen LogP contribution in [0.15, 0.2) is 48.5 Å². The number of ether oxygens (including phenoxy) is 1. The van der Waals surface area contributed by atoms with Gasteiger partial charge in [0.1, 0.15) is 5.75 Å². The summed E-state index contributed by atoms with van der Waals surface area (Å²) >= 11 is 0. The largest absolute Gasteiger partial charge is 0.497 e. The van der Waals surface area contributed by atoms with Gasteiger partial charge in [-0.15, -0.1) is 0 Å². The van der Waals surface area contributed by atoms with Crippen molar-refractivity contribution in [1.29, 1.82) is 0 Å². The van der Waals surface area contributed by atoms with Gasteiger partial charge in [-0.05, 0) is 110 Å². The number of nitrogens with zero attached hydrogens (tertiary/aromatic N) is 2. The summed E-state index contributed by atoms with van der Waals surface area (Å²) in [5.74, 6) is 3.37. The molecule has 0 N–H and O–H groups in total. The number of fused-ring (bicyclic) bond motifs is 1. The van der Waals surface area contributed by atoms with Gasteiger partial charge < -0.3 is 9.64 Å². The number of benzene rings is 2. The molecule has 2 aromatic carbocycles. The summed E-state index contributed by atoms with van der Waals surface area (Å²) in [6, 6.07) is 18.0. The molecule has 3 saturated carbocycles. The molecule has 2 heterocycles. The van der Waals surface area contributed by atoms with Crippen LogP contribution in [0.5, 0.6) is 5.75 Å². The van der Waals surface area contributed by atoms with Crippen molar-refractivity contribution in [2.75, 3.05) is 26.7 Å². The predicted octanol–water partition coefficient (Wildman–Crippen LogP) is 5.30. The Labute approximate surface area is 215 Å². The molecule has 5 fully saturated rings. The van der Waals surface area contributed by atoms with Gasteiger partial charge in [0, 0.05) is 36.2 Å². The van der Waals surface area contributed by atoms with E-state index in [0.717, 1.165) is 23.8 Å². The first-order valence-electron chi connectivity index (χ1n) is 14.4. The third-order valence-corrected chi connectivity index (χ3v) is 11.8. The second-order valence-corrected chi connectivity index (χ2v) is 12.8. The van der Waals surface area contributed by atoms with Gasteiger partial charge >= 0.3 is 0 Å². The van der Waals surface area contributed by atoms with Crippen molar-refractivity contribution in [3.05, 3.63) is 65.2 Å². The van der Waals surface area contributed by atoms with Gasteiger partial charge in [0.2, 0.25) is 0 Å². The SMILES string of the molecule is COc1ccc2c(c1)[C@]13CCN(CC4CCC4)[C@H](C2)[C@]12CCC1C3[C@@H](CN1C(=O)c1ccccc1)C2. The topological polar surface area (TPSA) is 32.8 Å². The smallest absolute Gasteiger partial charge is 0.254 e. The molecule has 36 heavy (non-hydrogen) atoms. The first kappa shape index (κ1) is 21.7. The molecular weight excluding hydrogens is 444 g/mol. The maximum atomic E-state index is 13.8. The Hall–Kier alpha value is -2.33. The fraction of sp³-hybridized carbons (Fsp3) is 0.594. The number of carbonyl (C=O) groups is 1. The van der Waals surface area contributed by atoms with Crippen molar-refractivity contribution < 1.29 is 9.53 Å². The Bertz CT molecular complexity index is 1210. The van der Waals surface area contributed by atoms with Crippen molar-refractivity contribution >= 4 is 5.91 Å². The zero-order valence-electron chi connectivity index (χ0n) is 21.5. The van der Waals surface area contributed by atoms with Gasteiger partial charge in [-0.1, -0.05) is 30.7 Å². The molecule has 8 rings (SSSR count). The molecule has 2 saturated heterocycles. The lowest BCUT2D eigenvalue weighted by Crippen LogP contribution is -2.70. The van der Waals surface area contributed by atoms with Crippen LogP contribution in [0.25, 0.3) is 0 Å². The average molecular weight is 483 g/mol. The molecule has 0 radical (unpaired) electrons. The summed E-state index contributed by atoms with van der Waals surface area (Å²) in [4.78, 5) is 19.0. The Morgan fingerprint density at radius 2 is 1.94 bits per heavy atom. The minimum atomic E-state index is 0.190. The average Bonchev–Trinajstić information content (AvgIpc) is 3.33. The Kier molecular flexibility index (Phi) is 4.59. The highest BCUT2D eigenvalue weighted by molar-refractivity contribution is 5.94. The minimum absolute atomic E-state index is 0.190. The van der Waals surface area contributed by atoms with Crippen molar-refractivity contribution in [2.45, 2.75) is 68.9 Å². The van der Waals surface area contributed by atoms with Crippen LogP contribution in [0.1, 0.15) is 66.4 Å². The molecule has 2 aromatic rings. The molecule has 4 heteroatoms. The Morgan fingerprint density at radius 1 is 1.08 bits per heavy atom. The van der Waals surface area contributed by atoms with E-state index in [1.54, 1.807) is 18.2 Å². The number of methoxy groups -OCH3 is 1. The summed E-state index contributed by atoms with van der Waals surface area (Å²) in [5.41, 5.74) is 4.55. The number of amides is 1. The van der Waals surface area contributed by atoms with E-state index in [9.17, 15) is 4.79 Å². The van der Waals surface area contributed by atoms with E-state index in [-0.39, 0.29) is 11.3 Å². The normalized spacial score (nSPS) is 38.3. The maximum absolute atomic E-state index is 13.8. The molecule has 4 aliphatic carbocycles. The van der Waals surface area contributed by atoms with Crippen LogP contribution >= 0.6 is 0 Å². The standard InChI is InChI=1S/C32H38N2O2/c1-36-25-11-10-23-16-28-31-13-12-27-29(24(18-31)20-34(27)30(35)22-8-3-2-4-9-22)32(31,26(23)17-25)14-15-33(28)19-21-6-5-7-21/h2-4,8-11,17,21,24,27-29H,5-7,12-16,18-20H2,1H3/t24-,27?,28-,29?,31-,32+/m1/s1. The van der Waals surface area contributed by atoms with Crippen molar-refractivity contribution in [1.82, 2.24) is 9.80 Å². The summed E-state index contributed by atoms with van der Waals surface area (Å²) < 4.78 is 5.79. The monoisotopic (exact) mass is 482 g/mol. The lowest BCUT2D eigenvalue weighted by Gasteiger charge is -2.67. The third kappa shape index (κ3) is 2.62. The minimum Gasteiger partial charge on any atom is -0.497 e.